The Bertz CT molecular complexity index is 196. The van der Waals surface area contributed by atoms with Crippen LogP contribution in [-0.2, 0) is 9.53 Å². The van der Waals surface area contributed by atoms with Crippen LogP contribution in [0.5, 0.6) is 0 Å². The summed E-state index contributed by atoms with van der Waals surface area (Å²) in [6, 6.07) is 0. The van der Waals surface area contributed by atoms with Crippen LogP contribution in [0.1, 0.15) is 19.3 Å². The van der Waals surface area contributed by atoms with Crippen molar-refractivity contribution in [2.45, 2.75) is 31.7 Å². The van der Waals surface area contributed by atoms with Gasteiger partial charge in [0.25, 0.3) is 0 Å². The largest absolute Gasteiger partial charge is 0.481 e. The molecule has 14 heavy (non-hydrogen) atoms. The molecule has 0 aromatic heterocycles. The molecule has 6 heteroatoms. The van der Waals surface area contributed by atoms with Gasteiger partial charge in [0.2, 0.25) is 0 Å². The van der Waals surface area contributed by atoms with Gasteiger partial charge in [-0.05, 0) is 19.2 Å². The van der Waals surface area contributed by atoms with E-state index < -0.39 is 19.0 Å². The van der Waals surface area contributed by atoms with E-state index in [0.717, 1.165) is 0 Å². The quantitative estimate of drug-likeness (QED) is 0.534. The van der Waals surface area contributed by atoms with Gasteiger partial charge in [-0.25, -0.2) is 0 Å². The molecule has 1 rings (SSSR count). The molecule has 1 heterocycles. The molecule has 0 aromatic rings. The van der Waals surface area contributed by atoms with Crippen LogP contribution in [0.25, 0.3) is 0 Å². The van der Waals surface area contributed by atoms with Crippen molar-refractivity contribution in [1.29, 1.82) is 0 Å². The van der Waals surface area contributed by atoms with E-state index >= 15 is 0 Å². The van der Waals surface area contributed by atoms with Gasteiger partial charge in [0.1, 0.15) is 0 Å². The zero-order chi connectivity index (χ0) is 10.6. The van der Waals surface area contributed by atoms with Gasteiger partial charge in [0.15, 0.2) is 0 Å². The molecule has 0 saturated carbocycles. The van der Waals surface area contributed by atoms with Gasteiger partial charge in [0.05, 0.1) is 12.0 Å². The van der Waals surface area contributed by atoms with Crippen molar-refractivity contribution in [3.63, 3.8) is 0 Å². The summed E-state index contributed by atoms with van der Waals surface area (Å²) in [6.45, 7) is 0.489. The smallest absolute Gasteiger partial charge is 0.451 e. The highest BCUT2D eigenvalue weighted by atomic mass is 16.5. The summed E-state index contributed by atoms with van der Waals surface area (Å²) in [5.41, 5.74) is 0. The van der Waals surface area contributed by atoms with Crippen LogP contribution in [0, 0.1) is 5.92 Å². The molecular formula is C8H15BO5. The number of carbonyl (C=O) groups is 1. The van der Waals surface area contributed by atoms with E-state index in [2.05, 4.69) is 0 Å². The van der Waals surface area contributed by atoms with E-state index in [1.165, 1.54) is 0 Å². The Balaban J connectivity index is 2.26. The Kier molecular flexibility index (Phi) is 4.38. The SMILES string of the molecule is O=C(O)[C@@H]1CCOC1CCCB(O)O. The minimum atomic E-state index is -1.31. The molecule has 5 nitrogen and oxygen atoms in total. The van der Waals surface area contributed by atoms with Crippen LogP contribution in [0.2, 0.25) is 6.32 Å². The molecule has 0 radical (unpaired) electrons. The zero-order valence-corrected chi connectivity index (χ0v) is 7.93. The number of carboxylic acids is 1. The number of hydrogen-bond donors (Lipinski definition) is 3. The monoisotopic (exact) mass is 202 g/mol. The minimum absolute atomic E-state index is 0.258. The van der Waals surface area contributed by atoms with Gasteiger partial charge in [-0.3, -0.25) is 4.79 Å². The van der Waals surface area contributed by atoms with Crippen LogP contribution in [0.15, 0.2) is 0 Å². The fourth-order valence-corrected chi connectivity index (χ4v) is 1.72. The summed E-state index contributed by atoms with van der Waals surface area (Å²) in [5, 5.41) is 26.0. The molecular weight excluding hydrogens is 187 g/mol. The van der Waals surface area contributed by atoms with Gasteiger partial charge in [-0.2, -0.15) is 0 Å². The zero-order valence-electron chi connectivity index (χ0n) is 7.93. The van der Waals surface area contributed by atoms with E-state index in [1.54, 1.807) is 0 Å². The van der Waals surface area contributed by atoms with Gasteiger partial charge >= 0.3 is 13.1 Å². The van der Waals surface area contributed by atoms with Crippen molar-refractivity contribution >= 4 is 13.1 Å². The van der Waals surface area contributed by atoms with Crippen LogP contribution in [0.4, 0.5) is 0 Å². The second-order valence-electron chi connectivity index (χ2n) is 3.55. The fourth-order valence-electron chi connectivity index (χ4n) is 1.72. The minimum Gasteiger partial charge on any atom is -0.481 e. The molecule has 1 fully saturated rings. The highest BCUT2D eigenvalue weighted by Gasteiger charge is 2.33. The normalized spacial score (nSPS) is 26.4. The predicted molar refractivity (Wildman–Crippen MR) is 49.7 cm³/mol. The van der Waals surface area contributed by atoms with Crippen molar-refractivity contribution in [3.8, 4) is 0 Å². The van der Waals surface area contributed by atoms with E-state index in [0.29, 0.717) is 25.9 Å². The average molecular weight is 202 g/mol. The van der Waals surface area contributed by atoms with Gasteiger partial charge < -0.3 is 19.9 Å². The lowest BCUT2D eigenvalue weighted by Crippen LogP contribution is -2.24. The highest BCUT2D eigenvalue weighted by molar-refractivity contribution is 6.40. The van der Waals surface area contributed by atoms with Crippen molar-refractivity contribution in [2.75, 3.05) is 6.61 Å². The van der Waals surface area contributed by atoms with Crippen LogP contribution in [0.3, 0.4) is 0 Å². The molecule has 1 aliphatic rings. The maximum Gasteiger partial charge on any atom is 0.451 e. The summed E-state index contributed by atoms with van der Waals surface area (Å²) in [5.74, 6) is -1.25. The molecule has 0 spiro atoms. The maximum absolute atomic E-state index is 10.7. The first-order valence-electron chi connectivity index (χ1n) is 4.82. The van der Waals surface area contributed by atoms with E-state index in [-0.39, 0.29) is 12.4 Å². The molecule has 0 aromatic carbocycles. The first kappa shape index (κ1) is 11.5. The van der Waals surface area contributed by atoms with E-state index in [9.17, 15) is 4.79 Å². The number of carboxylic acid groups (broad SMARTS) is 1. The lowest BCUT2D eigenvalue weighted by Gasteiger charge is -2.14. The Morgan fingerprint density at radius 1 is 1.50 bits per heavy atom. The standard InChI is InChI=1S/C8H15BO5/c10-8(11)6-3-5-14-7(6)2-1-4-9(12)13/h6-7,12-13H,1-5H2,(H,10,11)/t6-,7?/m1/s1. The summed E-state index contributed by atoms with van der Waals surface area (Å²) in [7, 11) is -1.31. The second-order valence-corrected chi connectivity index (χ2v) is 3.55. The van der Waals surface area contributed by atoms with Gasteiger partial charge in [0, 0.05) is 6.61 Å². The lowest BCUT2D eigenvalue weighted by atomic mass is 9.82. The van der Waals surface area contributed by atoms with E-state index in [1.807, 2.05) is 0 Å². The van der Waals surface area contributed by atoms with Gasteiger partial charge in [-0.15, -0.1) is 0 Å². The number of ether oxygens (including phenoxy) is 1. The topological polar surface area (TPSA) is 87.0 Å². The maximum atomic E-state index is 10.7. The summed E-state index contributed by atoms with van der Waals surface area (Å²) >= 11 is 0. The number of hydrogen-bond acceptors (Lipinski definition) is 4. The first-order valence-corrected chi connectivity index (χ1v) is 4.82. The molecule has 0 bridgehead atoms. The summed E-state index contributed by atoms with van der Waals surface area (Å²) in [4.78, 5) is 10.7. The Labute approximate surface area is 82.8 Å². The molecule has 1 unspecified atom stereocenters. The number of aliphatic carboxylic acids is 1. The summed E-state index contributed by atoms with van der Waals surface area (Å²) in [6.07, 6.45) is 1.72. The average Bonchev–Trinajstić information content (AvgIpc) is 2.51. The third-order valence-electron chi connectivity index (χ3n) is 2.48. The Morgan fingerprint density at radius 2 is 2.21 bits per heavy atom. The predicted octanol–water partition coefficient (Wildman–Crippen LogP) is -0.271. The highest BCUT2D eigenvalue weighted by Crippen LogP contribution is 2.25. The molecule has 1 aliphatic heterocycles. The van der Waals surface area contributed by atoms with E-state index in [4.69, 9.17) is 19.9 Å². The molecule has 80 valence electrons. The lowest BCUT2D eigenvalue weighted by molar-refractivity contribution is -0.143. The second kappa shape index (κ2) is 5.33. The number of rotatable bonds is 5. The van der Waals surface area contributed by atoms with Crippen molar-refractivity contribution in [3.05, 3.63) is 0 Å². The van der Waals surface area contributed by atoms with Crippen LogP contribution >= 0.6 is 0 Å². The van der Waals surface area contributed by atoms with Crippen molar-refractivity contribution in [1.82, 2.24) is 0 Å². The first-order chi connectivity index (χ1) is 6.61. The third kappa shape index (κ3) is 3.28. The van der Waals surface area contributed by atoms with Gasteiger partial charge in [-0.1, -0.05) is 6.42 Å². The Hall–Kier alpha value is -0.585. The molecule has 3 N–H and O–H groups in total. The van der Waals surface area contributed by atoms with Crippen molar-refractivity contribution < 1.29 is 24.7 Å². The molecule has 1 saturated heterocycles. The molecule has 2 atom stereocenters. The van der Waals surface area contributed by atoms with Crippen LogP contribution in [-0.4, -0.2) is 41.0 Å². The third-order valence-corrected chi connectivity index (χ3v) is 2.48. The fraction of sp³-hybridized carbons (Fsp3) is 0.875. The molecule has 0 aliphatic carbocycles. The Morgan fingerprint density at radius 3 is 2.79 bits per heavy atom. The summed E-state index contributed by atoms with van der Waals surface area (Å²) < 4.78 is 5.26. The molecule has 0 amide bonds. The van der Waals surface area contributed by atoms with Crippen LogP contribution < -0.4 is 0 Å². The van der Waals surface area contributed by atoms with Crippen molar-refractivity contribution in [2.24, 2.45) is 5.92 Å².